The van der Waals surface area contributed by atoms with Gasteiger partial charge in [-0.2, -0.15) is 0 Å². The van der Waals surface area contributed by atoms with Crippen molar-refractivity contribution in [3.63, 3.8) is 0 Å². The fraction of sp³-hybridized carbons (Fsp3) is 0.192. The van der Waals surface area contributed by atoms with Gasteiger partial charge in [-0.1, -0.05) is 30.7 Å². The summed E-state index contributed by atoms with van der Waals surface area (Å²) in [6.07, 6.45) is 0.704. The van der Waals surface area contributed by atoms with Gasteiger partial charge in [0, 0.05) is 17.1 Å². The predicted octanol–water partition coefficient (Wildman–Crippen LogP) is 5.79. The second-order valence-electron chi connectivity index (χ2n) is 7.79. The number of halogens is 2. The summed E-state index contributed by atoms with van der Waals surface area (Å²) in [7, 11) is 0. The van der Waals surface area contributed by atoms with Gasteiger partial charge >= 0.3 is 0 Å². The number of nitrogens with zero attached hydrogens (tertiary/aromatic N) is 3. The Labute approximate surface area is 196 Å². The molecule has 0 saturated heterocycles. The first-order chi connectivity index (χ1) is 15.9. The van der Waals surface area contributed by atoms with Crippen LogP contribution in [0.15, 0.2) is 77.6 Å². The summed E-state index contributed by atoms with van der Waals surface area (Å²) in [4.78, 5) is 33.4. The quantitative estimate of drug-likeness (QED) is 0.363. The van der Waals surface area contributed by atoms with Crippen LogP contribution >= 0.6 is 11.6 Å². The number of aromatic nitrogens is 2. The number of para-hydroxylation sites is 1. The highest BCUT2D eigenvalue weighted by Crippen LogP contribution is 2.25. The Kier molecular flexibility index (Phi) is 6.56. The molecule has 1 unspecified atom stereocenters. The van der Waals surface area contributed by atoms with Crippen LogP contribution in [0.5, 0.6) is 0 Å². The first-order valence-corrected chi connectivity index (χ1v) is 11.1. The van der Waals surface area contributed by atoms with Gasteiger partial charge < -0.3 is 4.90 Å². The van der Waals surface area contributed by atoms with E-state index in [0.29, 0.717) is 46.0 Å². The van der Waals surface area contributed by atoms with E-state index < -0.39 is 11.9 Å². The molecule has 0 aliphatic carbocycles. The second-order valence-corrected chi connectivity index (χ2v) is 8.22. The molecular weight excluding hydrogens is 441 g/mol. The van der Waals surface area contributed by atoms with Crippen LogP contribution in [0.25, 0.3) is 16.6 Å². The Morgan fingerprint density at radius 1 is 1.06 bits per heavy atom. The van der Waals surface area contributed by atoms with E-state index in [1.165, 1.54) is 28.8 Å². The summed E-state index contributed by atoms with van der Waals surface area (Å²) < 4.78 is 14.9. The molecule has 0 spiro atoms. The number of carbonyl (C=O) groups is 1. The van der Waals surface area contributed by atoms with Crippen molar-refractivity contribution < 1.29 is 9.18 Å². The fourth-order valence-electron chi connectivity index (χ4n) is 3.88. The van der Waals surface area contributed by atoms with E-state index in [0.717, 1.165) is 0 Å². The molecule has 1 heterocycles. The zero-order valence-corrected chi connectivity index (χ0v) is 19.1. The van der Waals surface area contributed by atoms with Crippen LogP contribution < -0.4 is 5.56 Å². The summed E-state index contributed by atoms with van der Waals surface area (Å²) in [6, 6.07) is 19.0. The molecule has 4 aromatic rings. The standard InChI is InChI=1S/C26H23ClFN3O2/c1-3-16-30(25(32)18-8-12-20(28)13-9-18)17(2)24-29-23-7-5-4-6-22(23)26(33)31(24)21-14-10-19(27)11-15-21/h4-15,17H,3,16H2,1-2H3. The number of hydrogen-bond acceptors (Lipinski definition) is 3. The zero-order chi connectivity index (χ0) is 23.5. The zero-order valence-electron chi connectivity index (χ0n) is 18.3. The number of hydrogen-bond donors (Lipinski definition) is 0. The highest BCUT2D eigenvalue weighted by atomic mass is 35.5. The maximum Gasteiger partial charge on any atom is 0.266 e. The summed E-state index contributed by atoms with van der Waals surface area (Å²) in [5.41, 5.74) is 1.31. The molecule has 0 saturated carbocycles. The van der Waals surface area contributed by atoms with Crippen LogP contribution in [-0.2, 0) is 0 Å². The molecular formula is C26H23ClFN3O2. The number of fused-ring (bicyclic) bond motifs is 1. The van der Waals surface area contributed by atoms with E-state index in [1.54, 1.807) is 47.4 Å². The minimum Gasteiger partial charge on any atom is -0.329 e. The van der Waals surface area contributed by atoms with Gasteiger partial charge in [0.2, 0.25) is 0 Å². The first-order valence-electron chi connectivity index (χ1n) is 10.7. The molecule has 0 radical (unpaired) electrons. The van der Waals surface area contributed by atoms with Crippen LogP contribution in [0.1, 0.15) is 42.5 Å². The molecule has 0 aliphatic rings. The maximum atomic E-state index is 13.5. The molecule has 0 bridgehead atoms. The van der Waals surface area contributed by atoms with E-state index in [2.05, 4.69) is 0 Å². The van der Waals surface area contributed by atoms with Gasteiger partial charge in [0.15, 0.2) is 0 Å². The third kappa shape index (κ3) is 4.52. The van der Waals surface area contributed by atoms with Gasteiger partial charge in [0.1, 0.15) is 11.6 Å². The van der Waals surface area contributed by atoms with E-state index in [-0.39, 0.29) is 11.5 Å². The number of carbonyl (C=O) groups excluding carboxylic acids is 1. The molecule has 3 aromatic carbocycles. The summed E-state index contributed by atoms with van der Waals surface area (Å²) in [6.45, 7) is 4.26. The lowest BCUT2D eigenvalue weighted by Gasteiger charge is -2.30. The molecule has 168 valence electrons. The van der Waals surface area contributed by atoms with Gasteiger partial charge in [0.05, 0.1) is 22.6 Å². The Morgan fingerprint density at radius 3 is 2.39 bits per heavy atom. The van der Waals surface area contributed by atoms with Gasteiger partial charge in [-0.25, -0.2) is 9.37 Å². The second kappa shape index (κ2) is 9.55. The third-order valence-corrected chi connectivity index (χ3v) is 5.80. The van der Waals surface area contributed by atoms with Gasteiger partial charge in [-0.15, -0.1) is 0 Å². The Bertz CT molecular complexity index is 1350. The minimum absolute atomic E-state index is 0.226. The summed E-state index contributed by atoms with van der Waals surface area (Å²) in [5.74, 6) is -0.228. The van der Waals surface area contributed by atoms with Crippen molar-refractivity contribution in [2.24, 2.45) is 0 Å². The van der Waals surface area contributed by atoms with Gasteiger partial charge in [0.25, 0.3) is 11.5 Å². The van der Waals surface area contributed by atoms with Gasteiger partial charge in [-0.3, -0.25) is 14.2 Å². The summed E-state index contributed by atoms with van der Waals surface area (Å²) in [5, 5.41) is 1.03. The lowest BCUT2D eigenvalue weighted by Crippen LogP contribution is -2.38. The highest BCUT2D eigenvalue weighted by molar-refractivity contribution is 6.30. The normalized spacial score (nSPS) is 12.0. The van der Waals surface area contributed by atoms with Crippen molar-refractivity contribution in [2.75, 3.05) is 6.54 Å². The maximum absolute atomic E-state index is 13.5. The van der Waals surface area contributed by atoms with Crippen molar-refractivity contribution in [2.45, 2.75) is 26.3 Å². The molecule has 1 amide bonds. The minimum atomic E-state index is -0.532. The molecule has 7 heteroatoms. The molecule has 1 atom stereocenters. The molecule has 0 fully saturated rings. The SMILES string of the molecule is CCCN(C(=O)c1ccc(F)cc1)C(C)c1nc2ccccc2c(=O)n1-c1ccc(Cl)cc1. The first kappa shape index (κ1) is 22.7. The average Bonchev–Trinajstić information content (AvgIpc) is 2.83. The number of rotatable bonds is 6. The number of amides is 1. The topological polar surface area (TPSA) is 55.2 Å². The van der Waals surface area contributed by atoms with Crippen LogP contribution in [0.3, 0.4) is 0 Å². The van der Waals surface area contributed by atoms with Gasteiger partial charge in [-0.05, 0) is 74.0 Å². The monoisotopic (exact) mass is 463 g/mol. The third-order valence-electron chi connectivity index (χ3n) is 5.54. The van der Waals surface area contributed by atoms with E-state index in [9.17, 15) is 14.0 Å². The predicted molar refractivity (Wildman–Crippen MR) is 128 cm³/mol. The van der Waals surface area contributed by atoms with Crippen molar-refractivity contribution in [3.05, 3.63) is 105 Å². The van der Waals surface area contributed by atoms with Crippen LogP contribution in [-0.4, -0.2) is 26.9 Å². The molecule has 33 heavy (non-hydrogen) atoms. The largest absolute Gasteiger partial charge is 0.329 e. The van der Waals surface area contributed by atoms with Crippen LogP contribution in [0.4, 0.5) is 4.39 Å². The van der Waals surface area contributed by atoms with Crippen molar-refractivity contribution >= 4 is 28.4 Å². The lowest BCUT2D eigenvalue weighted by atomic mass is 10.1. The number of benzene rings is 3. The van der Waals surface area contributed by atoms with E-state index in [4.69, 9.17) is 16.6 Å². The molecule has 4 rings (SSSR count). The fourth-order valence-corrected chi connectivity index (χ4v) is 4.01. The van der Waals surface area contributed by atoms with E-state index in [1.807, 2.05) is 19.9 Å². The molecule has 0 N–H and O–H groups in total. The highest BCUT2D eigenvalue weighted by Gasteiger charge is 2.27. The Hall–Kier alpha value is -3.51. The Morgan fingerprint density at radius 2 is 1.73 bits per heavy atom. The van der Waals surface area contributed by atoms with Crippen molar-refractivity contribution in [1.29, 1.82) is 0 Å². The molecule has 0 aliphatic heterocycles. The summed E-state index contributed by atoms with van der Waals surface area (Å²) >= 11 is 6.07. The van der Waals surface area contributed by atoms with Crippen molar-refractivity contribution in [1.82, 2.24) is 14.5 Å². The van der Waals surface area contributed by atoms with E-state index >= 15 is 0 Å². The van der Waals surface area contributed by atoms with Crippen molar-refractivity contribution in [3.8, 4) is 5.69 Å². The van der Waals surface area contributed by atoms with Crippen LogP contribution in [0, 0.1) is 5.82 Å². The lowest BCUT2D eigenvalue weighted by molar-refractivity contribution is 0.0681. The Balaban J connectivity index is 1.89. The molecule has 1 aromatic heterocycles. The average molecular weight is 464 g/mol. The molecule has 5 nitrogen and oxygen atoms in total. The van der Waals surface area contributed by atoms with Crippen LogP contribution in [0.2, 0.25) is 5.02 Å². The smallest absolute Gasteiger partial charge is 0.266 e.